The lowest BCUT2D eigenvalue weighted by Crippen LogP contribution is -2.48. The number of amides is 3. The number of hydrogen-bond acceptors (Lipinski definition) is 3. The van der Waals surface area contributed by atoms with Crippen LogP contribution >= 0.6 is 0 Å². The van der Waals surface area contributed by atoms with E-state index in [9.17, 15) is 9.59 Å². The van der Waals surface area contributed by atoms with Crippen molar-refractivity contribution in [2.24, 2.45) is 5.73 Å². The minimum Gasteiger partial charge on any atom is -0.354 e. The lowest BCUT2D eigenvalue weighted by atomic mass is 10.2. The van der Waals surface area contributed by atoms with Gasteiger partial charge in [0, 0.05) is 31.4 Å². The third kappa shape index (κ3) is 3.43. The van der Waals surface area contributed by atoms with E-state index in [0.717, 1.165) is 12.1 Å². The van der Waals surface area contributed by atoms with Gasteiger partial charge in [0.25, 0.3) is 0 Å². The van der Waals surface area contributed by atoms with Gasteiger partial charge in [-0.15, -0.1) is 0 Å². The van der Waals surface area contributed by atoms with Gasteiger partial charge >= 0.3 is 6.03 Å². The molecule has 1 aromatic rings. The number of likely N-dealkylation sites (tertiary alicyclic amines) is 1. The fourth-order valence-electron chi connectivity index (χ4n) is 2.28. The molecule has 0 aromatic carbocycles. The highest BCUT2D eigenvalue weighted by atomic mass is 16.2. The van der Waals surface area contributed by atoms with E-state index in [1.54, 1.807) is 6.20 Å². The van der Waals surface area contributed by atoms with Crippen LogP contribution in [0.25, 0.3) is 0 Å². The molecule has 0 aliphatic carbocycles. The van der Waals surface area contributed by atoms with Crippen LogP contribution in [0.3, 0.4) is 0 Å². The molecule has 0 spiro atoms. The molecular formula is C13H18N4O2. The number of pyridine rings is 1. The Hall–Kier alpha value is -2.11. The molecule has 1 aliphatic heterocycles. The minimum atomic E-state index is -0.526. The molecule has 6 heteroatoms. The summed E-state index contributed by atoms with van der Waals surface area (Å²) in [6, 6.07) is 4.74. The SMILES string of the molecule is NC(=O)N1CCCC1C(=O)NCCc1ccccn1. The van der Waals surface area contributed by atoms with Gasteiger partial charge in [-0.3, -0.25) is 9.78 Å². The van der Waals surface area contributed by atoms with E-state index in [2.05, 4.69) is 10.3 Å². The Balaban J connectivity index is 1.80. The lowest BCUT2D eigenvalue weighted by Gasteiger charge is -2.21. The van der Waals surface area contributed by atoms with Gasteiger partial charge in [0.05, 0.1) is 0 Å². The van der Waals surface area contributed by atoms with Crippen LogP contribution in [-0.2, 0) is 11.2 Å². The predicted octanol–water partition coefficient (Wildman–Crippen LogP) is 0.283. The van der Waals surface area contributed by atoms with Crippen molar-refractivity contribution < 1.29 is 9.59 Å². The first kappa shape index (κ1) is 13.3. The summed E-state index contributed by atoms with van der Waals surface area (Å²) in [5.74, 6) is -0.132. The summed E-state index contributed by atoms with van der Waals surface area (Å²) in [4.78, 5) is 28.7. The number of carbonyl (C=O) groups excluding carboxylic acids is 2. The monoisotopic (exact) mass is 262 g/mol. The molecule has 1 unspecified atom stereocenters. The highest BCUT2D eigenvalue weighted by molar-refractivity contribution is 5.87. The fourth-order valence-corrected chi connectivity index (χ4v) is 2.28. The average Bonchev–Trinajstić information content (AvgIpc) is 2.89. The smallest absolute Gasteiger partial charge is 0.315 e. The van der Waals surface area contributed by atoms with E-state index in [1.807, 2.05) is 18.2 Å². The number of carbonyl (C=O) groups is 2. The van der Waals surface area contributed by atoms with Gasteiger partial charge in [0.2, 0.25) is 5.91 Å². The number of nitrogens with one attached hydrogen (secondary N) is 1. The van der Waals surface area contributed by atoms with Crippen molar-refractivity contribution in [1.29, 1.82) is 0 Å². The van der Waals surface area contributed by atoms with E-state index in [1.165, 1.54) is 4.90 Å². The third-order valence-electron chi connectivity index (χ3n) is 3.25. The molecule has 2 rings (SSSR count). The van der Waals surface area contributed by atoms with Gasteiger partial charge in [-0.2, -0.15) is 0 Å². The zero-order valence-corrected chi connectivity index (χ0v) is 10.7. The maximum Gasteiger partial charge on any atom is 0.315 e. The molecule has 2 heterocycles. The number of primary amides is 1. The number of urea groups is 1. The van der Waals surface area contributed by atoms with Crippen molar-refractivity contribution in [3.8, 4) is 0 Å². The number of nitrogens with two attached hydrogens (primary N) is 1. The highest BCUT2D eigenvalue weighted by Gasteiger charge is 2.32. The summed E-state index contributed by atoms with van der Waals surface area (Å²) in [6.45, 7) is 1.08. The van der Waals surface area contributed by atoms with Crippen LogP contribution in [0.5, 0.6) is 0 Å². The van der Waals surface area contributed by atoms with Gasteiger partial charge in [-0.25, -0.2) is 4.79 Å². The van der Waals surface area contributed by atoms with Gasteiger partial charge in [-0.1, -0.05) is 6.07 Å². The third-order valence-corrected chi connectivity index (χ3v) is 3.25. The highest BCUT2D eigenvalue weighted by Crippen LogP contribution is 2.16. The van der Waals surface area contributed by atoms with Crippen molar-refractivity contribution >= 4 is 11.9 Å². The zero-order chi connectivity index (χ0) is 13.7. The summed E-state index contributed by atoms with van der Waals surface area (Å²) in [6.07, 6.45) is 3.90. The van der Waals surface area contributed by atoms with Crippen molar-refractivity contribution in [3.63, 3.8) is 0 Å². The predicted molar refractivity (Wildman–Crippen MR) is 70.3 cm³/mol. The number of hydrogen-bond donors (Lipinski definition) is 2. The van der Waals surface area contributed by atoms with Crippen molar-refractivity contribution in [3.05, 3.63) is 30.1 Å². The molecule has 0 radical (unpaired) electrons. The molecule has 1 fully saturated rings. The normalized spacial score (nSPS) is 18.3. The van der Waals surface area contributed by atoms with Gasteiger partial charge in [0.15, 0.2) is 0 Å². The molecule has 6 nitrogen and oxygen atoms in total. The molecular weight excluding hydrogens is 244 g/mol. The molecule has 1 saturated heterocycles. The molecule has 1 atom stereocenters. The van der Waals surface area contributed by atoms with Gasteiger partial charge in [0.1, 0.15) is 6.04 Å². The molecule has 1 aromatic heterocycles. The van der Waals surface area contributed by atoms with Crippen LogP contribution < -0.4 is 11.1 Å². The Morgan fingerprint density at radius 3 is 3.00 bits per heavy atom. The molecule has 3 amide bonds. The Kier molecular flexibility index (Phi) is 4.33. The summed E-state index contributed by atoms with van der Waals surface area (Å²) in [7, 11) is 0. The first-order valence-corrected chi connectivity index (χ1v) is 6.42. The lowest BCUT2D eigenvalue weighted by molar-refractivity contribution is -0.124. The Morgan fingerprint density at radius 2 is 2.32 bits per heavy atom. The van der Waals surface area contributed by atoms with Crippen molar-refractivity contribution in [2.45, 2.75) is 25.3 Å². The van der Waals surface area contributed by atoms with Gasteiger partial charge in [-0.05, 0) is 25.0 Å². The van der Waals surface area contributed by atoms with Crippen LogP contribution in [0.15, 0.2) is 24.4 Å². The van der Waals surface area contributed by atoms with Gasteiger partial charge < -0.3 is 16.0 Å². The zero-order valence-electron chi connectivity index (χ0n) is 10.7. The summed E-state index contributed by atoms with van der Waals surface area (Å²) < 4.78 is 0. The molecule has 0 bridgehead atoms. The fraction of sp³-hybridized carbons (Fsp3) is 0.462. The van der Waals surface area contributed by atoms with E-state index in [4.69, 9.17) is 5.73 Å². The van der Waals surface area contributed by atoms with Crippen LogP contribution in [0.4, 0.5) is 4.79 Å². The number of rotatable bonds is 4. The average molecular weight is 262 g/mol. The molecule has 0 saturated carbocycles. The molecule has 3 N–H and O–H groups in total. The molecule has 102 valence electrons. The van der Waals surface area contributed by atoms with Crippen LogP contribution in [-0.4, -0.2) is 41.0 Å². The Bertz CT molecular complexity index is 449. The summed E-state index contributed by atoms with van der Waals surface area (Å²) >= 11 is 0. The van der Waals surface area contributed by atoms with E-state index in [0.29, 0.717) is 25.9 Å². The molecule has 1 aliphatic rings. The van der Waals surface area contributed by atoms with E-state index < -0.39 is 12.1 Å². The van der Waals surface area contributed by atoms with Crippen LogP contribution in [0.2, 0.25) is 0 Å². The molecule has 19 heavy (non-hydrogen) atoms. The summed E-state index contributed by atoms with van der Waals surface area (Å²) in [5.41, 5.74) is 6.17. The quantitative estimate of drug-likeness (QED) is 0.817. The largest absolute Gasteiger partial charge is 0.354 e. The second-order valence-corrected chi connectivity index (χ2v) is 4.55. The van der Waals surface area contributed by atoms with E-state index >= 15 is 0 Å². The standard InChI is InChI=1S/C13H18N4O2/c14-13(19)17-9-3-5-11(17)12(18)16-8-6-10-4-1-2-7-15-10/h1-2,4,7,11H,3,5-6,8-9H2,(H2,14,19)(H,16,18). The van der Waals surface area contributed by atoms with Crippen LogP contribution in [0, 0.1) is 0 Å². The summed E-state index contributed by atoms with van der Waals surface area (Å²) in [5, 5.41) is 2.83. The maximum atomic E-state index is 12.0. The minimum absolute atomic E-state index is 0.132. The second kappa shape index (κ2) is 6.17. The number of aromatic nitrogens is 1. The Labute approximate surface area is 112 Å². The second-order valence-electron chi connectivity index (χ2n) is 4.55. The van der Waals surface area contributed by atoms with Crippen LogP contribution in [0.1, 0.15) is 18.5 Å². The first-order chi connectivity index (χ1) is 9.18. The topological polar surface area (TPSA) is 88.3 Å². The Morgan fingerprint density at radius 1 is 1.47 bits per heavy atom. The maximum absolute atomic E-state index is 12.0. The van der Waals surface area contributed by atoms with Crippen molar-refractivity contribution in [2.75, 3.05) is 13.1 Å². The number of nitrogens with zero attached hydrogens (tertiary/aromatic N) is 2. The van der Waals surface area contributed by atoms with E-state index in [-0.39, 0.29) is 5.91 Å². The van der Waals surface area contributed by atoms with Crippen molar-refractivity contribution in [1.82, 2.24) is 15.2 Å². The first-order valence-electron chi connectivity index (χ1n) is 6.42.